The van der Waals surface area contributed by atoms with Crippen LogP contribution in [0.5, 0.6) is 5.75 Å². The van der Waals surface area contributed by atoms with E-state index in [2.05, 4.69) is 11.9 Å². The average Bonchev–Trinajstić information content (AvgIpc) is 2.68. The SMILES string of the molecule is CN1CCC(N(Cc2ccc(F)cc2)C(=O)CCc2ccc(O)cc2)CC1. The molecular formula is C22H27FN2O2. The monoisotopic (exact) mass is 370 g/mol. The number of amides is 1. The van der Waals surface area contributed by atoms with Gasteiger partial charge in [0, 0.05) is 19.0 Å². The smallest absolute Gasteiger partial charge is 0.223 e. The Morgan fingerprint density at radius 3 is 2.30 bits per heavy atom. The quantitative estimate of drug-likeness (QED) is 0.845. The van der Waals surface area contributed by atoms with Gasteiger partial charge in [-0.15, -0.1) is 0 Å². The van der Waals surface area contributed by atoms with E-state index in [1.54, 1.807) is 24.3 Å². The summed E-state index contributed by atoms with van der Waals surface area (Å²) in [6.45, 7) is 2.48. The lowest BCUT2D eigenvalue weighted by atomic mass is 10.0. The number of hydrogen-bond donors (Lipinski definition) is 1. The second-order valence-electron chi connectivity index (χ2n) is 7.35. The maximum absolute atomic E-state index is 13.2. The fourth-order valence-corrected chi connectivity index (χ4v) is 3.57. The van der Waals surface area contributed by atoms with Crippen LogP contribution in [0.15, 0.2) is 48.5 Å². The zero-order valence-corrected chi connectivity index (χ0v) is 15.8. The molecule has 0 aromatic heterocycles. The molecule has 0 atom stereocenters. The number of halogens is 1. The Morgan fingerprint density at radius 2 is 1.67 bits per heavy atom. The van der Waals surface area contributed by atoms with Gasteiger partial charge in [-0.25, -0.2) is 4.39 Å². The first-order chi connectivity index (χ1) is 13.0. The molecule has 1 amide bonds. The second kappa shape index (κ2) is 9.00. The number of rotatable bonds is 6. The van der Waals surface area contributed by atoms with E-state index in [4.69, 9.17) is 0 Å². The zero-order chi connectivity index (χ0) is 19.2. The molecule has 0 saturated carbocycles. The Hall–Kier alpha value is -2.40. The topological polar surface area (TPSA) is 43.8 Å². The summed E-state index contributed by atoms with van der Waals surface area (Å²) in [5.41, 5.74) is 1.99. The number of phenols is 1. The Morgan fingerprint density at radius 1 is 1.07 bits per heavy atom. The van der Waals surface area contributed by atoms with Gasteiger partial charge >= 0.3 is 0 Å². The van der Waals surface area contributed by atoms with E-state index in [0.717, 1.165) is 37.1 Å². The minimum Gasteiger partial charge on any atom is -0.508 e. The molecule has 1 aliphatic rings. The number of carbonyl (C=O) groups is 1. The molecule has 4 nitrogen and oxygen atoms in total. The van der Waals surface area contributed by atoms with E-state index in [9.17, 15) is 14.3 Å². The maximum atomic E-state index is 13.2. The van der Waals surface area contributed by atoms with Crippen molar-refractivity contribution < 1.29 is 14.3 Å². The highest BCUT2D eigenvalue weighted by Crippen LogP contribution is 2.21. The van der Waals surface area contributed by atoms with Crippen LogP contribution >= 0.6 is 0 Å². The molecule has 1 fully saturated rings. The van der Waals surface area contributed by atoms with Gasteiger partial charge in [-0.3, -0.25) is 4.79 Å². The number of hydrogen-bond acceptors (Lipinski definition) is 3. The summed E-state index contributed by atoms with van der Waals surface area (Å²) < 4.78 is 13.2. The van der Waals surface area contributed by atoms with Crippen molar-refractivity contribution >= 4 is 5.91 Å². The van der Waals surface area contributed by atoms with Crippen LogP contribution in [0.2, 0.25) is 0 Å². The van der Waals surface area contributed by atoms with Gasteiger partial charge in [0.15, 0.2) is 0 Å². The predicted octanol–water partition coefficient (Wildman–Crippen LogP) is 3.59. The summed E-state index contributed by atoms with van der Waals surface area (Å²) in [7, 11) is 2.10. The molecule has 144 valence electrons. The molecule has 0 radical (unpaired) electrons. The molecule has 0 aliphatic carbocycles. The maximum Gasteiger partial charge on any atom is 0.223 e. The molecule has 3 rings (SSSR count). The van der Waals surface area contributed by atoms with Crippen LogP contribution in [0.1, 0.15) is 30.4 Å². The Balaban J connectivity index is 1.68. The van der Waals surface area contributed by atoms with Crippen LogP contribution in [-0.2, 0) is 17.8 Å². The zero-order valence-electron chi connectivity index (χ0n) is 15.8. The van der Waals surface area contributed by atoms with E-state index in [-0.39, 0.29) is 23.5 Å². The molecule has 27 heavy (non-hydrogen) atoms. The molecule has 1 aliphatic heterocycles. The summed E-state index contributed by atoms with van der Waals surface area (Å²) in [5.74, 6) is 0.0968. The van der Waals surface area contributed by atoms with E-state index in [0.29, 0.717) is 19.4 Å². The molecule has 0 unspecified atom stereocenters. The van der Waals surface area contributed by atoms with Crippen molar-refractivity contribution in [2.75, 3.05) is 20.1 Å². The number of likely N-dealkylation sites (tertiary alicyclic amines) is 1. The van der Waals surface area contributed by atoms with Gasteiger partial charge in [-0.05, 0) is 74.8 Å². The normalized spacial score (nSPS) is 15.6. The van der Waals surface area contributed by atoms with E-state index in [1.807, 2.05) is 17.0 Å². The number of aryl methyl sites for hydroxylation is 1. The van der Waals surface area contributed by atoms with Crippen LogP contribution in [-0.4, -0.2) is 47.0 Å². The van der Waals surface area contributed by atoms with Crippen molar-refractivity contribution in [1.82, 2.24) is 9.80 Å². The van der Waals surface area contributed by atoms with Crippen LogP contribution in [0.25, 0.3) is 0 Å². The van der Waals surface area contributed by atoms with Crippen molar-refractivity contribution in [3.05, 3.63) is 65.5 Å². The van der Waals surface area contributed by atoms with E-state index >= 15 is 0 Å². The molecule has 1 N–H and O–H groups in total. The molecule has 1 saturated heterocycles. The lowest BCUT2D eigenvalue weighted by Gasteiger charge is -2.37. The summed E-state index contributed by atoms with van der Waals surface area (Å²) >= 11 is 0. The first-order valence-electron chi connectivity index (χ1n) is 9.51. The molecular weight excluding hydrogens is 343 g/mol. The van der Waals surface area contributed by atoms with Gasteiger partial charge in [0.05, 0.1) is 0 Å². The summed E-state index contributed by atoms with van der Waals surface area (Å²) in [6, 6.07) is 13.6. The number of aromatic hydroxyl groups is 1. The van der Waals surface area contributed by atoms with E-state index < -0.39 is 0 Å². The van der Waals surface area contributed by atoms with E-state index in [1.165, 1.54) is 12.1 Å². The predicted molar refractivity (Wildman–Crippen MR) is 104 cm³/mol. The average molecular weight is 370 g/mol. The van der Waals surface area contributed by atoms with Crippen LogP contribution in [0.3, 0.4) is 0 Å². The fourth-order valence-electron chi connectivity index (χ4n) is 3.57. The minimum absolute atomic E-state index is 0.127. The highest BCUT2D eigenvalue weighted by molar-refractivity contribution is 5.77. The standard InChI is InChI=1S/C22H27FN2O2/c1-24-14-12-20(13-15-24)25(16-18-2-7-19(23)8-3-18)22(27)11-6-17-4-9-21(26)10-5-17/h2-5,7-10,20,26H,6,11-16H2,1H3. The van der Waals surface area contributed by atoms with Crippen molar-refractivity contribution in [3.8, 4) is 5.75 Å². The number of benzene rings is 2. The third-order valence-electron chi connectivity index (χ3n) is 5.28. The number of nitrogens with zero attached hydrogens (tertiary/aromatic N) is 2. The van der Waals surface area contributed by atoms with Crippen LogP contribution in [0, 0.1) is 5.82 Å². The van der Waals surface area contributed by atoms with Crippen molar-refractivity contribution in [1.29, 1.82) is 0 Å². The first-order valence-corrected chi connectivity index (χ1v) is 9.51. The van der Waals surface area contributed by atoms with Gasteiger partial charge in [0.1, 0.15) is 11.6 Å². The Kier molecular flexibility index (Phi) is 6.45. The lowest BCUT2D eigenvalue weighted by molar-refractivity contribution is -0.135. The Bertz CT molecular complexity index is 738. The highest BCUT2D eigenvalue weighted by Gasteiger charge is 2.26. The fraction of sp³-hybridized carbons (Fsp3) is 0.409. The van der Waals surface area contributed by atoms with Crippen molar-refractivity contribution in [3.63, 3.8) is 0 Å². The summed E-state index contributed by atoms with van der Waals surface area (Å²) in [5, 5.41) is 9.39. The first kappa shape index (κ1) is 19.4. The number of phenolic OH excluding ortho intramolecular Hbond substituents is 1. The number of piperidine rings is 1. The third-order valence-corrected chi connectivity index (χ3v) is 5.28. The molecule has 2 aromatic rings. The molecule has 0 bridgehead atoms. The van der Waals surface area contributed by atoms with Gasteiger partial charge in [-0.2, -0.15) is 0 Å². The summed E-state index contributed by atoms with van der Waals surface area (Å²) in [4.78, 5) is 17.3. The van der Waals surface area contributed by atoms with Crippen molar-refractivity contribution in [2.24, 2.45) is 0 Å². The third kappa shape index (κ3) is 5.54. The second-order valence-corrected chi connectivity index (χ2v) is 7.35. The molecule has 1 heterocycles. The van der Waals surface area contributed by atoms with Gasteiger partial charge in [-0.1, -0.05) is 24.3 Å². The van der Waals surface area contributed by atoms with Crippen molar-refractivity contribution in [2.45, 2.75) is 38.3 Å². The highest BCUT2D eigenvalue weighted by atomic mass is 19.1. The largest absolute Gasteiger partial charge is 0.508 e. The van der Waals surface area contributed by atoms with Crippen LogP contribution < -0.4 is 0 Å². The van der Waals surface area contributed by atoms with Gasteiger partial charge in [0.25, 0.3) is 0 Å². The molecule has 0 spiro atoms. The lowest BCUT2D eigenvalue weighted by Crippen LogP contribution is -2.46. The minimum atomic E-state index is -0.261. The Labute approximate surface area is 160 Å². The van der Waals surface area contributed by atoms with Gasteiger partial charge < -0.3 is 14.9 Å². The molecule has 2 aromatic carbocycles. The number of carbonyl (C=O) groups excluding carboxylic acids is 1. The molecule has 5 heteroatoms. The van der Waals surface area contributed by atoms with Crippen LogP contribution in [0.4, 0.5) is 4.39 Å². The summed E-state index contributed by atoms with van der Waals surface area (Å²) in [6.07, 6.45) is 3.00. The van der Waals surface area contributed by atoms with Gasteiger partial charge in [0.2, 0.25) is 5.91 Å².